The van der Waals surface area contributed by atoms with Crippen LogP contribution >= 0.6 is 11.8 Å². The van der Waals surface area contributed by atoms with E-state index < -0.39 is 16.9 Å². The molecule has 4 rings (SSSR count). The van der Waals surface area contributed by atoms with E-state index in [0.717, 1.165) is 34.3 Å². The number of amides is 2. The van der Waals surface area contributed by atoms with Crippen LogP contribution in [0.25, 0.3) is 10.9 Å². The lowest BCUT2D eigenvalue weighted by molar-refractivity contribution is -0.118. The van der Waals surface area contributed by atoms with Gasteiger partial charge in [-0.25, -0.2) is 8.78 Å². The van der Waals surface area contributed by atoms with E-state index in [2.05, 4.69) is 5.32 Å². The van der Waals surface area contributed by atoms with Crippen molar-refractivity contribution in [1.82, 2.24) is 9.88 Å². The first-order chi connectivity index (χ1) is 12.5. The highest BCUT2D eigenvalue weighted by atomic mass is 32.2. The molecule has 1 N–H and O–H groups in total. The second-order valence-corrected chi connectivity index (χ2v) is 7.30. The molecule has 0 spiro atoms. The molecule has 7 heteroatoms. The molecular formula is C19H14F2N2O2S. The third-order valence-corrected chi connectivity index (χ3v) is 5.39. The van der Waals surface area contributed by atoms with Gasteiger partial charge in [0.25, 0.3) is 5.24 Å². The highest BCUT2D eigenvalue weighted by molar-refractivity contribution is 8.15. The van der Waals surface area contributed by atoms with Gasteiger partial charge < -0.3 is 4.57 Å². The molecule has 0 aliphatic carbocycles. The fourth-order valence-corrected chi connectivity index (χ4v) is 4.01. The topological polar surface area (TPSA) is 51.1 Å². The van der Waals surface area contributed by atoms with Crippen LogP contribution in [-0.2, 0) is 17.8 Å². The van der Waals surface area contributed by atoms with Gasteiger partial charge in [-0.3, -0.25) is 14.9 Å². The minimum Gasteiger partial charge on any atom is -0.343 e. The number of carbonyl (C=O) groups excluding carboxylic acids is 2. The lowest BCUT2D eigenvalue weighted by Gasteiger charge is -2.09. The summed E-state index contributed by atoms with van der Waals surface area (Å²) < 4.78 is 28.5. The van der Waals surface area contributed by atoms with E-state index in [4.69, 9.17) is 0 Å². The van der Waals surface area contributed by atoms with Crippen LogP contribution < -0.4 is 5.32 Å². The summed E-state index contributed by atoms with van der Waals surface area (Å²) in [5, 5.41) is 2.53. The quantitative estimate of drug-likeness (QED) is 0.757. The number of hydrogen-bond acceptors (Lipinski definition) is 3. The molecule has 2 amide bonds. The Morgan fingerprint density at radius 1 is 1.08 bits per heavy atom. The maximum absolute atomic E-state index is 13.4. The second-order valence-electron chi connectivity index (χ2n) is 6.13. The predicted molar refractivity (Wildman–Crippen MR) is 96.0 cm³/mol. The molecule has 2 aromatic carbocycles. The van der Waals surface area contributed by atoms with Gasteiger partial charge in [0.05, 0.1) is 5.25 Å². The van der Waals surface area contributed by atoms with E-state index in [0.29, 0.717) is 18.5 Å². The number of imide groups is 1. The van der Waals surface area contributed by atoms with E-state index in [1.165, 1.54) is 6.07 Å². The van der Waals surface area contributed by atoms with Gasteiger partial charge in [-0.2, -0.15) is 0 Å². The van der Waals surface area contributed by atoms with Crippen molar-refractivity contribution in [3.63, 3.8) is 0 Å². The summed E-state index contributed by atoms with van der Waals surface area (Å²) in [4.78, 5) is 23.2. The zero-order valence-electron chi connectivity index (χ0n) is 13.5. The van der Waals surface area contributed by atoms with Crippen LogP contribution in [0, 0.1) is 11.6 Å². The van der Waals surface area contributed by atoms with Crippen LogP contribution in [0.4, 0.5) is 13.6 Å². The third kappa shape index (κ3) is 3.10. The van der Waals surface area contributed by atoms with Crippen molar-refractivity contribution in [2.24, 2.45) is 0 Å². The van der Waals surface area contributed by atoms with Gasteiger partial charge in [0.1, 0.15) is 0 Å². The van der Waals surface area contributed by atoms with Crippen molar-refractivity contribution in [2.45, 2.75) is 18.2 Å². The molecule has 1 aliphatic heterocycles. The molecule has 132 valence electrons. The molecule has 1 saturated heterocycles. The Morgan fingerprint density at radius 3 is 2.65 bits per heavy atom. The van der Waals surface area contributed by atoms with E-state index in [1.807, 2.05) is 35.0 Å². The lowest BCUT2D eigenvalue weighted by atomic mass is 10.0. The van der Waals surface area contributed by atoms with Crippen LogP contribution in [0.5, 0.6) is 0 Å². The molecule has 0 radical (unpaired) electrons. The molecular weight excluding hydrogens is 358 g/mol. The Labute approximate surface area is 152 Å². The van der Waals surface area contributed by atoms with Gasteiger partial charge in [-0.15, -0.1) is 0 Å². The minimum absolute atomic E-state index is 0.266. The molecule has 1 unspecified atom stereocenters. The summed E-state index contributed by atoms with van der Waals surface area (Å²) >= 11 is 1.01. The smallest absolute Gasteiger partial charge is 0.286 e. The zero-order chi connectivity index (χ0) is 18.3. The Hall–Kier alpha value is -2.67. The highest BCUT2D eigenvalue weighted by Crippen LogP contribution is 2.28. The predicted octanol–water partition coefficient (Wildman–Crippen LogP) is 3.86. The highest BCUT2D eigenvalue weighted by Gasteiger charge is 2.31. The summed E-state index contributed by atoms with van der Waals surface area (Å²) in [6.45, 7) is 0.404. The number of hydrogen-bond donors (Lipinski definition) is 1. The monoisotopic (exact) mass is 372 g/mol. The number of nitrogens with one attached hydrogen (secondary N) is 1. The number of aromatic nitrogens is 1. The number of carbonyl (C=O) groups is 2. The van der Waals surface area contributed by atoms with Crippen LogP contribution in [0.15, 0.2) is 48.7 Å². The largest absolute Gasteiger partial charge is 0.343 e. The first kappa shape index (κ1) is 16.8. The van der Waals surface area contributed by atoms with Crippen molar-refractivity contribution >= 4 is 33.8 Å². The first-order valence-corrected chi connectivity index (χ1v) is 8.91. The summed E-state index contributed by atoms with van der Waals surface area (Å²) in [6, 6.07) is 11.6. The van der Waals surface area contributed by atoms with E-state index >= 15 is 0 Å². The van der Waals surface area contributed by atoms with Crippen molar-refractivity contribution < 1.29 is 18.4 Å². The fourth-order valence-electron chi connectivity index (χ4n) is 3.17. The molecule has 1 fully saturated rings. The zero-order valence-corrected chi connectivity index (χ0v) is 14.4. The fraction of sp³-hybridized carbons (Fsp3) is 0.158. The van der Waals surface area contributed by atoms with Crippen molar-refractivity contribution in [3.05, 3.63) is 71.4 Å². The number of nitrogens with zero attached hydrogens (tertiary/aromatic N) is 1. The standard InChI is InChI=1S/C19H14F2N2O2S/c20-14-5-4-11(8-15(14)21)10-23-7-6-13-12(2-1-3-16(13)23)9-17-18(24)22-19(25)26-17/h1-8,17H,9-10H2,(H,22,24,25). The summed E-state index contributed by atoms with van der Waals surface area (Å²) in [5.41, 5.74) is 2.55. The maximum atomic E-state index is 13.4. The Bertz CT molecular complexity index is 1030. The Kier molecular flexibility index (Phi) is 4.24. The molecule has 3 aromatic rings. The molecule has 0 bridgehead atoms. The average Bonchev–Trinajstić information content (AvgIpc) is 3.15. The number of fused-ring (bicyclic) bond motifs is 1. The van der Waals surface area contributed by atoms with Crippen LogP contribution in [0.1, 0.15) is 11.1 Å². The van der Waals surface area contributed by atoms with E-state index in [-0.39, 0.29) is 11.1 Å². The molecule has 1 atom stereocenters. The second kappa shape index (κ2) is 6.57. The molecule has 1 aliphatic rings. The Balaban J connectivity index is 1.63. The van der Waals surface area contributed by atoms with Gasteiger partial charge in [0, 0.05) is 23.6 Å². The summed E-state index contributed by atoms with van der Waals surface area (Å²) in [6.07, 6.45) is 2.33. The normalized spacial score (nSPS) is 17.1. The number of rotatable bonds is 4. The van der Waals surface area contributed by atoms with Crippen molar-refractivity contribution in [1.29, 1.82) is 0 Å². The van der Waals surface area contributed by atoms with E-state index in [1.54, 1.807) is 6.07 Å². The number of benzene rings is 2. The van der Waals surface area contributed by atoms with Crippen LogP contribution in [0.3, 0.4) is 0 Å². The molecule has 4 nitrogen and oxygen atoms in total. The molecule has 0 saturated carbocycles. The van der Waals surface area contributed by atoms with Gasteiger partial charge in [0.15, 0.2) is 11.6 Å². The molecule has 2 heterocycles. The molecule has 1 aromatic heterocycles. The maximum Gasteiger partial charge on any atom is 0.286 e. The van der Waals surface area contributed by atoms with Gasteiger partial charge >= 0.3 is 0 Å². The van der Waals surface area contributed by atoms with E-state index in [9.17, 15) is 18.4 Å². The van der Waals surface area contributed by atoms with Crippen LogP contribution in [0.2, 0.25) is 0 Å². The van der Waals surface area contributed by atoms with Gasteiger partial charge in [-0.05, 0) is 41.8 Å². The summed E-state index contributed by atoms with van der Waals surface area (Å²) in [5.74, 6) is -2.00. The van der Waals surface area contributed by atoms with Crippen molar-refractivity contribution in [3.8, 4) is 0 Å². The average molecular weight is 372 g/mol. The van der Waals surface area contributed by atoms with Crippen LogP contribution in [-0.4, -0.2) is 21.0 Å². The third-order valence-electron chi connectivity index (χ3n) is 4.41. The minimum atomic E-state index is -0.867. The lowest BCUT2D eigenvalue weighted by Crippen LogP contribution is -2.25. The molecule has 26 heavy (non-hydrogen) atoms. The van der Waals surface area contributed by atoms with Crippen molar-refractivity contribution in [2.75, 3.05) is 0 Å². The number of halogens is 2. The Morgan fingerprint density at radius 2 is 1.92 bits per heavy atom. The van der Waals surface area contributed by atoms with Gasteiger partial charge in [0.2, 0.25) is 5.91 Å². The van der Waals surface area contributed by atoms with Gasteiger partial charge in [-0.1, -0.05) is 30.0 Å². The first-order valence-electron chi connectivity index (χ1n) is 8.03. The SMILES string of the molecule is O=C1NC(=O)C(Cc2cccc3c2ccn3Cc2ccc(F)c(F)c2)S1. The number of thioether (sulfide) groups is 1. The summed E-state index contributed by atoms with van der Waals surface area (Å²) in [7, 11) is 0.